The molecule has 0 fully saturated rings. The number of hydrogen-bond donors (Lipinski definition) is 1. The highest BCUT2D eigenvalue weighted by Crippen LogP contribution is 2.30. The van der Waals surface area contributed by atoms with Gasteiger partial charge in [0.1, 0.15) is 5.75 Å². The monoisotopic (exact) mass is 221 g/mol. The SMILES string of the molecule is CCCC(C)C(N)c1ccccc1OCC. The summed E-state index contributed by atoms with van der Waals surface area (Å²) >= 11 is 0. The molecular formula is C14H23NO. The van der Waals surface area contributed by atoms with E-state index in [1.54, 1.807) is 0 Å². The highest BCUT2D eigenvalue weighted by Gasteiger charge is 2.17. The maximum Gasteiger partial charge on any atom is 0.124 e. The van der Waals surface area contributed by atoms with Crippen LogP contribution in [0, 0.1) is 5.92 Å². The van der Waals surface area contributed by atoms with Crippen molar-refractivity contribution in [3.8, 4) is 5.75 Å². The molecule has 2 nitrogen and oxygen atoms in total. The molecule has 90 valence electrons. The third-order valence-corrected chi connectivity index (χ3v) is 2.94. The van der Waals surface area contributed by atoms with Gasteiger partial charge in [0.2, 0.25) is 0 Å². The second kappa shape index (κ2) is 6.54. The lowest BCUT2D eigenvalue weighted by molar-refractivity contribution is 0.326. The van der Waals surface area contributed by atoms with E-state index in [2.05, 4.69) is 19.9 Å². The molecule has 0 saturated carbocycles. The largest absolute Gasteiger partial charge is 0.494 e. The standard InChI is InChI=1S/C14H23NO/c1-4-8-11(3)14(15)12-9-6-7-10-13(12)16-5-2/h6-7,9-11,14H,4-5,8,15H2,1-3H3. The Morgan fingerprint density at radius 1 is 1.25 bits per heavy atom. The Kier molecular flexibility index (Phi) is 5.33. The predicted octanol–water partition coefficient (Wildman–Crippen LogP) is 3.52. The van der Waals surface area contributed by atoms with Gasteiger partial charge in [0, 0.05) is 11.6 Å². The smallest absolute Gasteiger partial charge is 0.124 e. The number of nitrogens with two attached hydrogens (primary N) is 1. The molecule has 0 radical (unpaired) electrons. The number of rotatable bonds is 6. The van der Waals surface area contributed by atoms with Gasteiger partial charge in [0.25, 0.3) is 0 Å². The van der Waals surface area contributed by atoms with Gasteiger partial charge in [-0.25, -0.2) is 0 Å². The first-order chi connectivity index (χ1) is 7.70. The molecule has 2 N–H and O–H groups in total. The van der Waals surface area contributed by atoms with Gasteiger partial charge in [-0.3, -0.25) is 0 Å². The number of benzene rings is 1. The van der Waals surface area contributed by atoms with Gasteiger partial charge in [0.15, 0.2) is 0 Å². The van der Waals surface area contributed by atoms with Crippen molar-refractivity contribution in [3.63, 3.8) is 0 Å². The van der Waals surface area contributed by atoms with Gasteiger partial charge in [0.05, 0.1) is 6.61 Å². The van der Waals surface area contributed by atoms with Gasteiger partial charge in [-0.2, -0.15) is 0 Å². The van der Waals surface area contributed by atoms with E-state index in [-0.39, 0.29) is 6.04 Å². The van der Waals surface area contributed by atoms with E-state index in [1.807, 2.05) is 25.1 Å². The van der Waals surface area contributed by atoms with Crippen LogP contribution in [0.5, 0.6) is 5.75 Å². The molecule has 0 amide bonds. The average Bonchev–Trinajstić information content (AvgIpc) is 2.29. The Hall–Kier alpha value is -1.02. The van der Waals surface area contributed by atoms with E-state index in [4.69, 9.17) is 10.5 Å². The fraction of sp³-hybridized carbons (Fsp3) is 0.571. The Morgan fingerprint density at radius 3 is 2.56 bits per heavy atom. The van der Waals surface area contributed by atoms with Crippen LogP contribution in [0.2, 0.25) is 0 Å². The molecule has 0 heterocycles. The molecule has 0 aliphatic heterocycles. The maximum absolute atomic E-state index is 6.28. The van der Waals surface area contributed by atoms with E-state index in [0.29, 0.717) is 12.5 Å². The van der Waals surface area contributed by atoms with Gasteiger partial charge < -0.3 is 10.5 Å². The zero-order valence-electron chi connectivity index (χ0n) is 10.6. The summed E-state index contributed by atoms with van der Waals surface area (Å²) in [5.41, 5.74) is 7.41. The van der Waals surface area contributed by atoms with Crippen molar-refractivity contribution in [2.75, 3.05) is 6.61 Å². The van der Waals surface area contributed by atoms with E-state index in [0.717, 1.165) is 17.7 Å². The lowest BCUT2D eigenvalue weighted by Gasteiger charge is -2.22. The fourth-order valence-electron chi connectivity index (χ4n) is 1.98. The summed E-state index contributed by atoms with van der Waals surface area (Å²) in [6.07, 6.45) is 2.33. The topological polar surface area (TPSA) is 35.2 Å². The second-order valence-electron chi connectivity index (χ2n) is 4.26. The zero-order chi connectivity index (χ0) is 12.0. The lowest BCUT2D eigenvalue weighted by atomic mass is 9.91. The summed E-state index contributed by atoms with van der Waals surface area (Å²) in [7, 11) is 0. The molecule has 0 aliphatic carbocycles. The zero-order valence-corrected chi connectivity index (χ0v) is 10.6. The summed E-state index contributed by atoms with van der Waals surface area (Å²) in [6.45, 7) is 7.08. The van der Waals surface area contributed by atoms with Crippen LogP contribution in [0.4, 0.5) is 0 Å². The van der Waals surface area contributed by atoms with Crippen LogP contribution in [0.3, 0.4) is 0 Å². The molecule has 2 atom stereocenters. The minimum atomic E-state index is 0.0719. The van der Waals surface area contributed by atoms with Crippen molar-refractivity contribution in [2.24, 2.45) is 11.7 Å². The predicted molar refractivity (Wildman–Crippen MR) is 68.6 cm³/mol. The first kappa shape index (κ1) is 13.0. The molecule has 16 heavy (non-hydrogen) atoms. The van der Waals surface area contributed by atoms with E-state index < -0.39 is 0 Å². The second-order valence-corrected chi connectivity index (χ2v) is 4.26. The molecule has 1 aromatic rings. The summed E-state index contributed by atoms with van der Waals surface area (Å²) in [6, 6.07) is 8.16. The average molecular weight is 221 g/mol. The molecule has 0 bridgehead atoms. The van der Waals surface area contributed by atoms with Crippen LogP contribution < -0.4 is 10.5 Å². The third-order valence-electron chi connectivity index (χ3n) is 2.94. The van der Waals surface area contributed by atoms with Gasteiger partial charge in [-0.1, -0.05) is 38.5 Å². The molecule has 0 spiro atoms. The molecular weight excluding hydrogens is 198 g/mol. The van der Waals surface area contributed by atoms with Gasteiger partial charge in [-0.05, 0) is 25.3 Å². The fourth-order valence-corrected chi connectivity index (χ4v) is 1.98. The lowest BCUT2D eigenvalue weighted by Crippen LogP contribution is -2.20. The number of ether oxygens (including phenoxy) is 1. The molecule has 0 saturated heterocycles. The Balaban J connectivity index is 2.84. The molecule has 1 rings (SSSR count). The summed E-state index contributed by atoms with van der Waals surface area (Å²) < 4.78 is 5.61. The summed E-state index contributed by atoms with van der Waals surface area (Å²) in [4.78, 5) is 0. The van der Waals surface area contributed by atoms with Crippen LogP contribution in [0.25, 0.3) is 0 Å². The van der Waals surface area contributed by atoms with Crippen LogP contribution >= 0.6 is 0 Å². The summed E-state index contributed by atoms with van der Waals surface area (Å²) in [5, 5.41) is 0. The van der Waals surface area contributed by atoms with E-state index >= 15 is 0 Å². The Labute approximate surface area is 98.8 Å². The van der Waals surface area contributed by atoms with E-state index in [9.17, 15) is 0 Å². The first-order valence-corrected chi connectivity index (χ1v) is 6.18. The first-order valence-electron chi connectivity index (χ1n) is 6.18. The van der Waals surface area contributed by atoms with Crippen molar-refractivity contribution in [1.82, 2.24) is 0 Å². The van der Waals surface area contributed by atoms with Crippen LogP contribution in [-0.4, -0.2) is 6.61 Å². The Morgan fingerprint density at radius 2 is 1.94 bits per heavy atom. The van der Waals surface area contributed by atoms with Crippen LogP contribution in [0.15, 0.2) is 24.3 Å². The Bertz CT molecular complexity index is 311. The maximum atomic E-state index is 6.28. The number of hydrogen-bond acceptors (Lipinski definition) is 2. The summed E-state index contributed by atoms with van der Waals surface area (Å²) in [5.74, 6) is 1.42. The van der Waals surface area contributed by atoms with Crippen molar-refractivity contribution < 1.29 is 4.74 Å². The molecule has 2 unspecified atom stereocenters. The molecule has 2 heteroatoms. The van der Waals surface area contributed by atoms with E-state index in [1.165, 1.54) is 6.42 Å². The minimum absolute atomic E-state index is 0.0719. The van der Waals surface area contributed by atoms with Crippen LogP contribution in [0.1, 0.15) is 45.2 Å². The van der Waals surface area contributed by atoms with Crippen molar-refractivity contribution >= 4 is 0 Å². The van der Waals surface area contributed by atoms with Gasteiger partial charge >= 0.3 is 0 Å². The minimum Gasteiger partial charge on any atom is -0.494 e. The quantitative estimate of drug-likeness (QED) is 0.797. The van der Waals surface area contributed by atoms with Crippen molar-refractivity contribution in [3.05, 3.63) is 29.8 Å². The van der Waals surface area contributed by atoms with Crippen LogP contribution in [-0.2, 0) is 0 Å². The molecule has 0 aromatic heterocycles. The number of para-hydroxylation sites is 1. The molecule has 0 aliphatic rings. The van der Waals surface area contributed by atoms with Crippen molar-refractivity contribution in [1.29, 1.82) is 0 Å². The third kappa shape index (κ3) is 3.24. The van der Waals surface area contributed by atoms with Gasteiger partial charge in [-0.15, -0.1) is 0 Å². The van der Waals surface area contributed by atoms with Crippen molar-refractivity contribution in [2.45, 2.75) is 39.7 Å². The highest BCUT2D eigenvalue weighted by molar-refractivity contribution is 5.36. The molecule has 1 aromatic carbocycles. The normalized spacial score (nSPS) is 14.5. The highest BCUT2D eigenvalue weighted by atomic mass is 16.5.